The fourth-order valence-corrected chi connectivity index (χ4v) is 2.77. The van der Waals surface area contributed by atoms with E-state index in [4.69, 9.17) is 5.41 Å². The zero-order valence-electron chi connectivity index (χ0n) is 12.3. The molecule has 1 aliphatic heterocycles. The minimum atomic E-state index is -1.00. The maximum atomic E-state index is 13.4. The zero-order chi connectivity index (χ0) is 16.8. The number of halogens is 2. The van der Waals surface area contributed by atoms with Gasteiger partial charge in [-0.25, -0.2) is 13.8 Å². The van der Waals surface area contributed by atoms with Crippen LogP contribution in [0.15, 0.2) is 48.2 Å². The molecule has 1 aliphatic rings. The summed E-state index contributed by atoms with van der Waals surface area (Å²) in [7, 11) is 0. The molecule has 3 aromatic rings. The molecule has 120 valence electrons. The highest BCUT2D eigenvalue weighted by Gasteiger charge is 2.31. The summed E-state index contributed by atoms with van der Waals surface area (Å²) in [6.07, 6.45) is 0. The molecule has 0 amide bonds. The van der Waals surface area contributed by atoms with Crippen LogP contribution in [0.25, 0.3) is 16.6 Å². The Morgan fingerprint density at radius 1 is 1.12 bits per heavy atom. The number of para-hydroxylation sites is 2. The molecule has 0 radical (unpaired) electrons. The third-order valence-electron chi connectivity index (χ3n) is 3.94. The number of imidazole rings is 1. The molecule has 0 atom stereocenters. The van der Waals surface area contributed by atoms with Crippen molar-refractivity contribution in [3.05, 3.63) is 65.7 Å². The van der Waals surface area contributed by atoms with Crippen LogP contribution in [0.1, 0.15) is 5.82 Å². The van der Waals surface area contributed by atoms with Crippen LogP contribution >= 0.6 is 0 Å². The van der Waals surface area contributed by atoms with Crippen LogP contribution < -0.4 is 4.90 Å². The molecular formula is C17H12F2N4O. The Labute approximate surface area is 135 Å². The lowest BCUT2D eigenvalue weighted by atomic mass is 10.2. The first kappa shape index (κ1) is 14.4. The second kappa shape index (κ2) is 5.16. The van der Waals surface area contributed by atoms with E-state index in [0.29, 0.717) is 11.3 Å². The predicted molar refractivity (Wildman–Crippen MR) is 87.1 cm³/mol. The molecule has 0 saturated heterocycles. The summed E-state index contributed by atoms with van der Waals surface area (Å²) in [4.78, 5) is 8.83. The smallest absolute Gasteiger partial charge is 0.160 e. The molecule has 2 heterocycles. The van der Waals surface area contributed by atoms with Gasteiger partial charge in [-0.05, 0) is 24.3 Å². The van der Waals surface area contributed by atoms with Crippen molar-refractivity contribution >= 4 is 28.1 Å². The first-order chi connectivity index (χ1) is 11.5. The Morgan fingerprint density at radius 3 is 2.67 bits per heavy atom. The minimum Gasteiger partial charge on any atom is -0.509 e. The van der Waals surface area contributed by atoms with Gasteiger partial charge in [0.05, 0.1) is 23.2 Å². The van der Waals surface area contributed by atoms with Gasteiger partial charge in [0, 0.05) is 11.8 Å². The summed E-state index contributed by atoms with van der Waals surface area (Å²) in [6, 6.07) is 10.7. The number of rotatable bonds is 2. The summed E-state index contributed by atoms with van der Waals surface area (Å²) >= 11 is 0. The Morgan fingerprint density at radius 2 is 1.92 bits per heavy atom. The highest BCUT2D eigenvalue weighted by atomic mass is 19.2. The van der Waals surface area contributed by atoms with E-state index in [9.17, 15) is 13.9 Å². The maximum absolute atomic E-state index is 13.4. The molecule has 4 rings (SSSR count). The SMILES string of the molecule is N=C1C(c2nc3ccccc3[nH]2)=C(O)CN1c1ccc(F)c(F)c1. The van der Waals surface area contributed by atoms with Crippen LogP contribution in [-0.2, 0) is 0 Å². The largest absolute Gasteiger partial charge is 0.509 e. The number of benzene rings is 2. The molecule has 0 bridgehead atoms. The van der Waals surface area contributed by atoms with Gasteiger partial charge < -0.3 is 15.0 Å². The van der Waals surface area contributed by atoms with Crippen LogP contribution in [-0.4, -0.2) is 27.5 Å². The first-order valence-electron chi connectivity index (χ1n) is 7.23. The lowest BCUT2D eigenvalue weighted by Crippen LogP contribution is -2.26. The number of aliphatic hydroxyl groups excluding tert-OH is 1. The van der Waals surface area contributed by atoms with Gasteiger partial charge in [0.2, 0.25) is 0 Å². The number of nitrogens with zero attached hydrogens (tertiary/aromatic N) is 2. The van der Waals surface area contributed by atoms with Crippen LogP contribution in [0.2, 0.25) is 0 Å². The molecule has 0 spiro atoms. The topological polar surface area (TPSA) is 76.0 Å². The van der Waals surface area contributed by atoms with E-state index in [-0.39, 0.29) is 29.4 Å². The number of amidine groups is 1. The van der Waals surface area contributed by atoms with Crippen molar-refractivity contribution < 1.29 is 13.9 Å². The van der Waals surface area contributed by atoms with Crippen molar-refractivity contribution in [1.82, 2.24) is 9.97 Å². The lowest BCUT2D eigenvalue weighted by Gasteiger charge is -2.18. The standard InChI is InChI=1S/C17H12F2N4O/c18-10-6-5-9(7-11(10)19)23-8-14(24)15(16(23)20)17-21-12-3-1-2-4-13(12)22-17/h1-7,20,24H,8H2,(H,21,22). The van der Waals surface area contributed by atoms with Crippen molar-refractivity contribution in [2.45, 2.75) is 0 Å². The number of aliphatic hydroxyl groups is 1. The summed E-state index contributed by atoms with van der Waals surface area (Å²) in [5, 5.41) is 18.6. The first-order valence-corrected chi connectivity index (χ1v) is 7.23. The average molecular weight is 326 g/mol. The molecule has 1 aromatic heterocycles. The van der Waals surface area contributed by atoms with Gasteiger partial charge >= 0.3 is 0 Å². The number of aromatic nitrogens is 2. The third-order valence-corrected chi connectivity index (χ3v) is 3.94. The number of aromatic amines is 1. The maximum Gasteiger partial charge on any atom is 0.160 e. The van der Waals surface area contributed by atoms with Crippen molar-refractivity contribution in [2.24, 2.45) is 0 Å². The summed E-state index contributed by atoms with van der Waals surface area (Å²) in [5.74, 6) is -1.68. The Balaban J connectivity index is 1.73. The Kier molecular flexibility index (Phi) is 3.09. The van der Waals surface area contributed by atoms with Crippen LogP contribution in [0, 0.1) is 17.0 Å². The highest BCUT2D eigenvalue weighted by Crippen LogP contribution is 2.31. The normalized spacial score (nSPS) is 14.9. The van der Waals surface area contributed by atoms with Gasteiger partial charge in [-0.15, -0.1) is 0 Å². The van der Waals surface area contributed by atoms with Crippen LogP contribution in [0.3, 0.4) is 0 Å². The van der Waals surface area contributed by atoms with E-state index in [0.717, 1.165) is 17.6 Å². The molecular weight excluding hydrogens is 314 g/mol. The van der Waals surface area contributed by atoms with Crippen molar-refractivity contribution in [2.75, 3.05) is 11.4 Å². The van der Waals surface area contributed by atoms with E-state index < -0.39 is 11.6 Å². The van der Waals surface area contributed by atoms with Gasteiger partial charge in [-0.2, -0.15) is 0 Å². The van der Waals surface area contributed by atoms with E-state index in [1.54, 1.807) is 0 Å². The quantitative estimate of drug-likeness (QED) is 0.673. The minimum absolute atomic E-state index is 0.00369. The molecule has 0 saturated carbocycles. The Hall–Kier alpha value is -3.22. The van der Waals surface area contributed by atoms with E-state index in [1.165, 1.54) is 11.0 Å². The molecule has 24 heavy (non-hydrogen) atoms. The fraction of sp³-hybridized carbons (Fsp3) is 0.0588. The third kappa shape index (κ3) is 2.13. The number of anilines is 1. The van der Waals surface area contributed by atoms with Crippen LogP contribution in [0.5, 0.6) is 0 Å². The second-order valence-electron chi connectivity index (χ2n) is 5.46. The molecule has 0 fully saturated rings. The number of nitrogens with one attached hydrogen (secondary N) is 2. The Bertz CT molecular complexity index is 976. The molecule has 7 heteroatoms. The summed E-state index contributed by atoms with van der Waals surface area (Å²) < 4.78 is 26.5. The summed E-state index contributed by atoms with van der Waals surface area (Å²) in [6.45, 7) is -0.00369. The number of hydrogen-bond donors (Lipinski definition) is 3. The monoisotopic (exact) mass is 326 g/mol. The lowest BCUT2D eigenvalue weighted by molar-refractivity contribution is 0.411. The number of H-pyrrole nitrogens is 1. The molecule has 3 N–H and O–H groups in total. The fourth-order valence-electron chi connectivity index (χ4n) is 2.77. The van der Waals surface area contributed by atoms with Gasteiger partial charge in [-0.1, -0.05) is 12.1 Å². The highest BCUT2D eigenvalue weighted by molar-refractivity contribution is 6.30. The van der Waals surface area contributed by atoms with E-state index in [2.05, 4.69) is 9.97 Å². The molecule has 2 aromatic carbocycles. The van der Waals surface area contributed by atoms with Crippen molar-refractivity contribution in [3.63, 3.8) is 0 Å². The zero-order valence-corrected chi connectivity index (χ0v) is 12.3. The molecule has 0 aliphatic carbocycles. The number of fused-ring (bicyclic) bond motifs is 1. The van der Waals surface area contributed by atoms with Crippen molar-refractivity contribution in [1.29, 1.82) is 5.41 Å². The van der Waals surface area contributed by atoms with Crippen LogP contribution in [0.4, 0.5) is 14.5 Å². The van der Waals surface area contributed by atoms with E-state index in [1.807, 2.05) is 24.3 Å². The predicted octanol–water partition coefficient (Wildman–Crippen LogP) is 3.61. The van der Waals surface area contributed by atoms with Crippen molar-refractivity contribution in [3.8, 4) is 0 Å². The van der Waals surface area contributed by atoms with Gasteiger partial charge in [0.25, 0.3) is 0 Å². The molecule has 5 nitrogen and oxygen atoms in total. The second-order valence-corrected chi connectivity index (χ2v) is 5.46. The number of hydrogen-bond acceptors (Lipinski definition) is 3. The summed E-state index contributed by atoms with van der Waals surface area (Å²) in [5.41, 5.74) is 2.03. The van der Waals surface area contributed by atoms with E-state index >= 15 is 0 Å². The average Bonchev–Trinajstić information content (AvgIpc) is 3.10. The van der Waals surface area contributed by atoms with Gasteiger partial charge in [0.15, 0.2) is 11.6 Å². The van der Waals surface area contributed by atoms with Gasteiger partial charge in [0.1, 0.15) is 17.4 Å². The molecule has 0 unspecified atom stereocenters. The van der Waals surface area contributed by atoms with Gasteiger partial charge in [-0.3, -0.25) is 5.41 Å².